The normalized spacial score (nSPS) is 24.3. The van der Waals surface area contributed by atoms with Gasteiger partial charge in [0.2, 0.25) is 0 Å². The van der Waals surface area contributed by atoms with Crippen molar-refractivity contribution >= 4 is 26.6 Å². The Kier molecular flexibility index (Phi) is 4.90. The summed E-state index contributed by atoms with van der Waals surface area (Å²) in [6, 6.07) is 0. The second-order valence-electron chi connectivity index (χ2n) is 6.17. The van der Waals surface area contributed by atoms with Gasteiger partial charge >= 0.3 is 6.09 Å². The van der Waals surface area contributed by atoms with Crippen molar-refractivity contribution in [3.63, 3.8) is 0 Å². The van der Waals surface area contributed by atoms with Crippen molar-refractivity contribution < 1.29 is 14.4 Å². The molecule has 2 aliphatic heterocycles. The fourth-order valence-electron chi connectivity index (χ4n) is 2.22. The second-order valence-corrected chi connectivity index (χ2v) is 7.08. The van der Waals surface area contributed by atoms with Gasteiger partial charge in [-0.3, -0.25) is 4.90 Å². The molecular formula is C13H22BrN3O3. The summed E-state index contributed by atoms with van der Waals surface area (Å²) < 4.78 is 6.25. The van der Waals surface area contributed by atoms with Gasteiger partial charge in [-0.25, -0.2) is 4.79 Å². The van der Waals surface area contributed by atoms with Gasteiger partial charge in [-0.2, -0.15) is 0 Å². The zero-order valence-corrected chi connectivity index (χ0v) is 13.9. The average Bonchev–Trinajstić information content (AvgIpc) is 2.73. The number of ether oxygens (including phenoxy) is 1. The van der Waals surface area contributed by atoms with Crippen LogP contribution in [-0.2, 0) is 9.57 Å². The largest absolute Gasteiger partial charge is 0.444 e. The molecule has 20 heavy (non-hydrogen) atoms. The molecular weight excluding hydrogens is 326 g/mol. The van der Waals surface area contributed by atoms with Crippen LogP contribution in [0.1, 0.15) is 27.2 Å². The van der Waals surface area contributed by atoms with E-state index >= 15 is 0 Å². The third-order valence-corrected chi connectivity index (χ3v) is 3.65. The number of carbonyl (C=O) groups is 1. The third kappa shape index (κ3) is 4.63. The molecule has 2 heterocycles. The molecule has 0 bridgehead atoms. The Labute approximate surface area is 128 Å². The fraction of sp³-hybridized carbons (Fsp3) is 0.846. The van der Waals surface area contributed by atoms with Gasteiger partial charge in [-0.15, -0.1) is 0 Å². The Bertz CT molecular complexity index is 387. The number of hydrogen-bond donors (Lipinski definition) is 0. The predicted molar refractivity (Wildman–Crippen MR) is 80.1 cm³/mol. The summed E-state index contributed by atoms with van der Waals surface area (Å²) in [5.41, 5.74) is -0.435. The van der Waals surface area contributed by atoms with Crippen LogP contribution in [0.5, 0.6) is 0 Å². The van der Waals surface area contributed by atoms with Crippen molar-refractivity contribution in [2.24, 2.45) is 5.16 Å². The number of oxime groups is 1. The van der Waals surface area contributed by atoms with Crippen LogP contribution in [0.25, 0.3) is 0 Å². The van der Waals surface area contributed by atoms with Crippen molar-refractivity contribution in [1.29, 1.82) is 0 Å². The summed E-state index contributed by atoms with van der Waals surface area (Å²) in [5, 5.41) is 3.89. The number of carbonyl (C=O) groups excluding carboxylic acids is 1. The maximum atomic E-state index is 11.9. The number of hydrogen-bond acceptors (Lipinski definition) is 5. The van der Waals surface area contributed by atoms with E-state index in [1.807, 2.05) is 20.8 Å². The lowest BCUT2D eigenvalue weighted by Crippen LogP contribution is -2.51. The molecule has 1 fully saturated rings. The molecule has 1 saturated heterocycles. The minimum absolute atomic E-state index is 0.123. The lowest BCUT2D eigenvalue weighted by molar-refractivity contribution is 0.00519. The Morgan fingerprint density at radius 2 is 2.05 bits per heavy atom. The molecule has 0 aromatic carbocycles. The van der Waals surface area contributed by atoms with Gasteiger partial charge in [0.05, 0.1) is 0 Å². The zero-order valence-electron chi connectivity index (χ0n) is 12.3. The highest BCUT2D eigenvalue weighted by Crippen LogP contribution is 2.17. The highest BCUT2D eigenvalue weighted by Gasteiger charge is 2.28. The van der Waals surface area contributed by atoms with Gasteiger partial charge < -0.3 is 14.5 Å². The Morgan fingerprint density at radius 1 is 1.40 bits per heavy atom. The minimum atomic E-state index is -0.435. The zero-order chi connectivity index (χ0) is 14.8. The van der Waals surface area contributed by atoms with Crippen LogP contribution in [0.2, 0.25) is 0 Å². The Morgan fingerprint density at radius 3 is 2.55 bits per heavy atom. The lowest BCUT2D eigenvalue weighted by Gasteiger charge is -2.36. The molecule has 0 aromatic heterocycles. The number of rotatable bonds is 2. The lowest BCUT2D eigenvalue weighted by atomic mass is 10.2. The Balaban J connectivity index is 1.71. The predicted octanol–water partition coefficient (Wildman–Crippen LogP) is 2.04. The standard InChI is InChI=1S/C13H22BrN3O3/c1-13(2,3)19-12(18)17-6-4-16(5-7-17)9-10-8-11(14)15-20-10/h10H,4-9H2,1-3H3. The number of amides is 1. The maximum Gasteiger partial charge on any atom is 0.410 e. The molecule has 114 valence electrons. The smallest absolute Gasteiger partial charge is 0.410 e. The van der Waals surface area contributed by atoms with E-state index in [9.17, 15) is 4.79 Å². The van der Waals surface area contributed by atoms with E-state index in [4.69, 9.17) is 9.57 Å². The molecule has 0 spiro atoms. The van der Waals surface area contributed by atoms with Crippen molar-refractivity contribution in [3.8, 4) is 0 Å². The first-order valence-corrected chi connectivity index (χ1v) is 7.71. The molecule has 0 aromatic rings. The molecule has 2 rings (SSSR count). The van der Waals surface area contributed by atoms with Gasteiger partial charge in [0, 0.05) is 39.1 Å². The molecule has 0 saturated carbocycles. The molecule has 0 N–H and O–H groups in total. The van der Waals surface area contributed by atoms with E-state index in [0.29, 0.717) is 13.1 Å². The monoisotopic (exact) mass is 347 g/mol. The summed E-state index contributed by atoms with van der Waals surface area (Å²) in [4.78, 5) is 21.3. The van der Waals surface area contributed by atoms with Gasteiger partial charge in [-0.05, 0) is 36.7 Å². The summed E-state index contributed by atoms with van der Waals surface area (Å²) in [6.07, 6.45) is 0.726. The number of nitrogens with zero attached hydrogens (tertiary/aromatic N) is 3. The van der Waals surface area contributed by atoms with Crippen LogP contribution < -0.4 is 0 Å². The minimum Gasteiger partial charge on any atom is -0.444 e. The van der Waals surface area contributed by atoms with E-state index in [0.717, 1.165) is 30.7 Å². The van der Waals surface area contributed by atoms with Crippen molar-refractivity contribution in [1.82, 2.24) is 9.80 Å². The average molecular weight is 348 g/mol. The summed E-state index contributed by atoms with van der Waals surface area (Å²) in [5.74, 6) is 0. The van der Waals surface area contributed by atoms with Crippen molar-refractivity contribution in [3.05, 3.63) is 0 Å². The molecule has 0 aliphatic carbocycles. The van der Waals surface area contributed by atoms with E-state index < -0.39 is 5.60 Å². The highest BCUT2D eigenvalue weighted by atomic mass is 79.9. The van der Waals surface area contributed by atoms with Crippen LogP contribution in [0, 0.1) is 0 Å². The first kappa shape index (κ1) is 15.6. The topological polar surface area (TPSA) is 54.4 Å². The molecule has 7 heteroatoms. The molecule has 2 aliphatic rings. The molecule has 1 unspecified atom stereocenters. The van der Waals surface area contributed by atoms with Crippen LogP contribution in [0.15, 0.2) is 5.16 Å². The van der Waals surface area contributed by atoms with E-state index in [2.05, 4.69) is 26.0 Å². The van der Waals surface area contributed by atoms with E-state index in [-0.39, 0.29) is 12.2 Å². The summed E-state index contributed by atoms with van der Waals surface area (Å²) >= 11 is 3.34. The van der Waals surface area contributed by atoms with Crippen molar-refractivity contribution in [2.75, 3.05) is 32.7 Å². The second kappa shape index (κ2) is 6.30. The van der Waals surface area contributed by atoms with Gasteiger partial charge in [-0.1, -0.05) is 5.16 Å². The van der Waals surface area contributed by atoms with Gasteiger partial charge in [0.15, 0.2) is 0 Å². The van der Waals surface area contributed by atoms with Crippen molar-refractivity contribution in [2.45, 2.75) is 38.9 Å². The quantitative estimate of drug-likeness (QED) is 0.766. The number of piperazine rings is 1. The number of halogens is 1. The Hall–Kier alpha value is -0.820. The fourth-order valence-corrected chi connectivity index (χ4v) is 2.66. The molecule has 0 radical (unpaired) electrons. The van der Waals surface area contributed by atoms with E-state index in [1.54, 1.807) is 4.90 Å². The first-order chi connectivity index (χ1) is 9.33. The van der Waals surface area contributed by atoms with Crippen LogP contribution >= 0.6 is 15.9 Å². The highest BCUT2D eigenvalue weighted by molar-refractivity contribution is 9.18. The van der Waals surface area contributed by atoms with Gasteiger partial charge in [0.25, 0.3) is 0 Å². The van der Waals surface area contributed by atoms with E-state index in [1.165, 1.54) is 0 Å². The third-order valence-electron chi connectivity index (χ3n) is 3.18. The molecule has 1 amide bonds. The molecule has 1 atom stereocenters. The maximum absolute atomic E-state index is 11.9. The van der Waals surface area contributed by atoms with Crippen LogP contribution in [-0.4, -0.2) is 64.9 Å². The van der Waals surface area contributed by atoms with Crippen LogP contribution in [0.3, 0.4) is 0 Å². The molecule has 6 nitrogen and oxygen atoms in total. The van der Waals surface area contributed by atoms with Gasteiger partial charge in [0.1, 0.15) is 16.3 Å². The van der Waals surface area contributed by atoms with Crippen LogP contribution in [0.4, 0.5) is 4.79 Å². The first-order valence-electron chi connectivity index (χ1n) is 6.92. The summed E-state index contributed by atoms with van der Waals surface area (Å²) in [6.45, 7) is 9.59. The summed E-state index contributed by atoms with van der Waals surface area (Å²) in [7, 11) is 0. The SMILES string of the molecule is CC(C)(C)OC(=O)N1CCN(CC2CC(Br)=NO2)CC1.